The molecule has 4 heteroatoms. The molecule has 0 aliphatic rings. The van der Waals surface area contributed by atoms with E-state index in [1.807, 2.05) is 48.5 Å². The van der Waals surface area contributed by atoms with Crippen molar-refractivity contribution < 1.29 is 14.2 Å². The summed E-state index contributed by atoms with van der Waals surface area (Å²) in [4.78, 5) is 0. The van der Waals surface area contributed by atoms with Gasteiger partial charge in [-0.05, 0) is 35.9 Å². The largest absolute Gasteiger partial charge is 0.497 e. The summed E-state index contributed by atoms with van der Waals surface area (Å²) in [6.07, 6.45) is 0. The van der Waals surface area contributed by atoms with Crippen molar-refractivity contribution in [2.45, 2.75) is 6.61 Å². The van der Waals surface area contributed by atoms with Gasteiger partial charge in [0.05, 0.1) is 20.3 Å². The number of rotatable bonds is 7. The van der Waals surface area contributed by atoms with Gasteiger partial charge in [0.1, 0.15) is 18.1 Å². The zero-order valence-corrected chi connectivity index (χ0v) is 12.9. The second-order valence-electron chi connectivity index (χ2n) is 4.17. The quantitative estimate of drug-likeness (QED) is 0.714. The molecule has 0 aliphatic heterocycles. The summed E-state index contributed by atoms with van der Waals surface area (Å²) in [5.74, 6) is 1.69. The molecule has 0 saturated heterocycles. The first-order valence-corrected chi connectivity index (χ1v) is 7.17. The Morgan fingerprint density at radius 2 is 1.75 bits per heavy atom. The van der Waals surface area contributed by atoms with Crippen LogP contribution in [0.4, 0.5) is 0 Å². The highest BCUT2D eigenvalue weighted by Gasteiger charge is 2.02. The Bertz CT molecular complexity index is 529. The second kappa shape index (κ2) is 7.92. The summed E-state index contributed by atoms with van der Waals surface area (Å²) in [6, 6.07) is 15.5. The van der Waals surface area contributed by atoms with Crippen molar-refractivity contribution in [1.29, 1.82) is 0 Å². The molecule has 0 fully saturated rings. The molecule has 0 radical (unpaired) electrons. The smallest absolute Gasteiger partial charge is 0.119 e. The van der Waals surface area contributed by atoms with Crippen LogP contribution in [0.25, 0.3) is 0 Å². The molecular formula is C16H17BrO3. The molecule has 2 aromatic rings. The molecule has 0 bridgehead atoms. The minimum atomic E-state index is 0.524. The molecule has 0 saturated carbocycles. The number of ether oxygens (including phenoxy) is 3. The first-order chi connectivity index (χ1) is 9.79. The van der Waals surface area contributed by atoms with Gasteiger partial charge in [0.15, 0.2) is 0 Å². The van der Waals surface area contributed by atoms with Gasteiger partial charge in [0.2, 0.25) is 0 Å². The van der Waals surface area contributed by atoms with Crippen molar-refractivity contribution in [1.82, 2.24) is 0 Å². The Balaban J connectivity index is 1.73. The molecule has 2 rings (SSSR count). The molecule has 2 aromatic carbocycles. The topological polar surface area (TPSA) is 27.7 Å². The van der Waals surface area contributed by atoms with Crippen molar-refractivity contribution in [3.8, 4) is 11.5 Å². The van der Waals surface area contributed by atoms with Crippen LogP contribution in [0, 0.1) is 0 Å². The van der Waals surface area contributed by atoms with Gasteiger partial charge in [-0.15, -0.1) is 0 Å². The maximum absolute atomic E-state index is 5.61. The Morgan fingerprint density at radius 3 is 2.50 bits per heavy atom. The lowest BCUT2D eigenvalue weighted by atomic mass is 10.2. The van der Waals surface area contributed by atoms with E-state index in [4.69, 9.17) is 14.2 Å². The Kier molecular flexibility index (Phi) is 5.89. The van der Waals surface area contributed by atoms with Gasteiger partial charge in [-0.3, -0.25) is 0 Å². The zero-order chi connectivity index (χ0) is 14.2. The molecule has 0 amide bonds. The fraction of sp³-hybridized carbons (Fsp3) is 0.250. The molecule has 0 N–H and O–H groups in total. The van der Waals surface area contributed by atoms with E-state index in [1.165, 1.54) is 0 Å². The minimum Gasteiger partial charge on any atom is -0.497 e. The highest BCUT2D eigenvalue weighted by molar-refractivity contribution is 9.10. The molecular weight excluding hydrogens is 320 g/mol. The van der Waals surface area contributed by atoms with Crippen LogP contribution in [-0.4, -0.2) is 20.3 Å². The second-order valence-corrected chi connectivity index (χ2v) is 5.03. The van der Waals surface area contributed by atoms with Crippen LogP contribution in [0.3, 0.4) is 0 Å². The van der Waals surface area contributed by atoms with Crippen LogP contribution in [0.5, 0.6) is 11.5 Å². The number of hydrogen-bond donors (Lipinski definition) is 0. The number of methoxy groups -OCH3 is 1. The Labute approximate surface area is 127 Å². The number of benzene rings is 2. The van der Waals surface area contributed by atoms with E-state index in [0.29, 0.717) is 19.8 Å². The van der Waals surface area contributed by atoms with E-state index in [9.17, 15) is 0 Å². The van der Waals surface area contributed by atoms with E-state index in [-0.39, 0.29) is 0 Å². The van der Waals surface area contributed by atoms with E-state index >= 15 is 0 Å². The maximum atomic E-state index is 5.61. The van der Waals surface area contributed by atoms with Gasteiger partial charge in [-0.1, -0.05) is 34.1 Å². The summed E-state index contributed by atoms with van der Waals surface area (Å²) in [5.41, 5.74) is 1.06. The van der Waals surface area contributed by atoms with Gasteiger partial charge in [0.25, 0.3) is 0 Å². The summed E-state index contributed by atoms with van der Waals surface area (Å²) in [7, 11) is 1.65. The summed E-state index contributed by atoms with van der Waals surface area (Å²) >= 11 is 3.50. The van der Waals surface area contributed by atoms with Gasteiger partial charge >= 0.3 is 0 Å². The van der Waals surface area contributed by atoms with Crippen LogP contribution in [0.2, 0.25) is 0 Å². The predicted molar refractivity (Wildman–Crippen MR) is 82.3 cm³/mol. The monoisotopic (exact) mass is 336 g/mol. The van der Waals surface area contributed by atoms with E-state index < -0.39 is 0 Å². The lowest BCUT2D eigenvalue weighted by molar-refractivity contribution is 0.0885. The molecule has 3 nitrogen and oxygen atoms in total. The fourth-order valence-corrected chi connectivity index (χ4v) is 2.07. The molecule has 0 spiro atoms. The highest BCUT2D eigenvalue weighted by Crippen LogP contribution is 2.23. The van der Waals surface area contributed by atoms with Crippen molar-refractivity contribution in [2.75, 3.05) is 20.3 Å². The third-order valence-corrected chi connectivity index (χ3v) is 3.52. The van der Waals surface area contributed by atoms with Crippen molar-refractivity contribution in [3.05, 3.63) is 58.6 Å². The molecule has 20 heavy (non-hydrogen) atoms. The Morgan fingerprint density at radius 1 is 0.950 bits per heavy atom. The number of halogens is 1. The highest BCUT2D eigenvalue weighted by atomic mass is 79.9. The summed E-state index contributed by atoms with van der Waals surface area (Å²) < 4.78 is 17.4. The van der Waals surface area contributed by atoms with Crippen molar-refractivity contribution in [3.63, 3.8) is 0 Å². The van der Waals surface area contributed by atoms with E-state index in [2.05, 4.69) is 15.9 Å². The van der Waals surface area contributed by atoms with Gasteiger partial charge in [-0.2, -0.15) is 0 Å². The SMILES string of the molecule is COc1ccc(Br)c(COCCOc2ccccc2)c1. The first kappa shape index (κ1) is 14.9. The zero-order valence-electron chi connectivity index (χ0n) is 11.3. The van der Waals surface area contributed by atoms with Gasteiger partial charge < -0.3 is 14.2 Å². The third kappa shape index (κ3) is 4.54. The molecule has 0 atom stereocenters. The molecule has 0 aliphatic carbocycles. The minimum absolute atomic E-state index is 0.524. The molecule has 106 valence electrons. The maximum Gasteiger partial charge on any atom is 0.119 e. The van der Waals surface area contributed by atoms with E-state index in [1.54, 1.807) is 7.11 Å². The molecule has 0 unspecified atom stereocenters. The number of hydrogen-bond acceptors (Lipinski definition) is 3. The average molecular weight is 337 g/mol. The van der Waals surface area contributed by atoms with Crippen LogP contribution in [-0.2, 0) is 11.3 Å². The van der Waals surface area contributed by atoms with Crippen LogP contribution in [0.15, 0.2) is 53.0 Å². The van der Waals surface area contributed by atoms with Crippen molar-refractivity contribution in [2.24, 2.45) is 0 Å². The Hall–Kier alpha value is -1.52. The number of para-hydroxylation sites is 1. The fourth-order valence-electron chi connectivity index (χ4n) is 1.71. The third-order valence-electron chi connectivity index (χ3n) is 2.75. The van der Waals surface area contributed by atoms with E-state index in [0.717, 1.165) is 21.5 Å². The molecule has 0 aromatic heterocycles. The lowest BCUT2D eigenvalue weighted by Gasteiger charge is -2.09. The van der Waals surface area contributed by atoms with Crippen molar-refractivity contribution >= 4 is 15.9 Å². The van der Waals surface area contributed by atoms with Crippen LogP contribution < -0.4 is 9.47 Å². The summed E-state index contributed by atoms with van der Waals surface area (Å²) in [5, 5.41) is 0. The predicted octanol–water partition coefficient (Wildman–Crippen LogP) is 4.05. The normalized spacial score (nSPS) is 10.3. The van der Waals surface area contributed by atoms with Gasteiger partial charge in [0, 0.05) is 4.47 Å². The summed E-state index contributed by atoms with van der Waals surface area (Å²) in [6.45, 7) is 1.60. The van der Waals surface area contributed by atoms with Crippen LogP contribution in [0.1, 0.15) is 5.56 Å². The lowest BCUT2D eigenvalue weighted by Crippen LogP contribution is -2.06. The van der Waals surface area contributed by atoms with Gasteiger partial charge in [-0.25, -0.2) is 0 Å². The standard InChI is InChI=1S/C16H17BrO3/c1-18-15-7-8-16(17)13(11-15)12-19-9-10-20-14-5-3-2-4-6-14/h2-8,11H,9-10,12H2,1H3. The average Bonchev–Trinajstić information content (AvgIpc) is 2.50. The first-order valence-electron chi connectivity index (χ1n) is 6.37. The van der Waals surface area contributed by atoms with Crippen LogP contribution >= 0.6 is 15.9 Å². The molecule has 0 heterocycles.